The van der Waals surface area contributed by atoms with Crippen LogP contribution in [0.5, 0.6) is 0 Å². The van der Waals surface area contributed by atoms with E-state index in [1.807, 2.05) is 19.2 Å². The third kappa shape index (κ3) is 1.49. The van der Waals surface area contributed by atoms with Crippen LogP contribution < -0.4 is 4.90 Å². The van der Waals surface area contributed by atoms with E-state index >= 15 is 0 Å². The fraction of sp³-hybridized carbons (Fsp3) is 0.692. The van der Waals surface area contributed by atoms with Crippen LogP contribution in [0.2, 0.25) is 0 Å². The predicted octanol–water partition coefficient (Wildman–Crippen LogP) is 2.12. The highest BCUT2D eigenvalue weighted by Crippen LogP contribution is 2.55. The van der Waals surface area contributed by atoms with Gasteiger partial charge in [-0.05, 0) is 36.7 Å². The van der Waals surface area contributed by atoms with Crippen molar-refractivity contribution in [2.24, 2.45) is 23.7 Å². The van der Waals surface area contributed by atoms with Crippen LogP contribution >= 0.6 is 0 Å². The van der Waals surface area contributed by atoms with Crippen LogP contribution in [-0.2, 0) is 0 Å². The van der Waals surface area contributed by atoms with Crippen LogP contribution in [0.15, 0.2) is 12.3 Å². The highest BCUT2D eigenvalue weighted by atomic mass is 15.2. The first kappa shape index (κ1) is 10.1. The van der Waals surface area contributed by atoms with Gasteiger partial charge in [-0.3, -0.25) is 0 Å². The molecule has 3 nitrogen and oxygen atoms in total. The normalized spacial score (nSPS) is 32.0. The van der Waals surface area contributed by atoms with E-state index in [2.05, 4.69) is 28.7 Å². The standard InChI is InChI=1S/C13H19N3/c1-8(2)13-10-6-16(7-11(10)13)12-4-5-14-9(3)15-12/h4-5,8,10-11,13H,6-7H2,1-3H3. The summed E-state index contributed by atoms with van der Waals surface area (Å²) in [5.41, 5.74) is 0. The maximum atomic E-state index is 4.49. The maximum Gasteiger partial charge on any atom is 0.132 e. The van der Waals surface area contributed by atoms with Crippen molar-refractivity contribution in [3.8, 4) is 0 Å². The van der Waals surface area contributed by atoms with Gasteiger partial charge >= 0.3 is 0 Å². The number of aromatic nitrogens is 2. The lowest BCUT2D eigenvalue weighted by Gasteiger charge is -2.21. The lowest BCUT2D eigenvalue weighted by Crippen LogP contribution is -2.26. The zero-order chi connectivity index (χ0) is 11.3. The molecule has 1 aliphatic carbocycles. The molecule has 2 heterocycles. The molecule has 0 radical (unpaired) electrons. The number of piperidine rings is 1. The van der Waals surface area contributed by atoms with E-state index in [-0.39, 0.29) is 0 Å². The Labute approximate surface area is 96.9 Å². The van der Waals surface area contributed by atoms with E-state index in [0.717, 1.165) is 35.3 Å². The lowest BCUT2D eigenvalue weighted by atomic mass is 10.0. The summed E-state index contributed by atoms with van der Waals surface area (Å²) in [6, 6.07) is 2.03. The summed E-state index contributed by atoms with van der Waals surface area (Å²) in [6.07, 6.45) is 1.86. The van der Waals surface area contributed by atoms with Gasteiger partial charge in [0.05, 0.1) is 0 Å². The van der Waals surface area contributed by atoms with Gasteiger partial charge in [0.2, 0.25) is 0 Å². The predicted molar refractivity (Wildman–Crippen MR) is 64.3 cm³/mol. The molecule has 1 aliphatic heterocycles. The van der Waals surface area contributed by atoms with E-state index in [9.17, 15) is 0 Å². The molecule has 86 valence electrons. The molecule has 2 aliphatic rings. The zero-order valence-electron chi connectivity index (χ0n) is 10.2. The smallest absolute Gasteiger partial charge is 0.132 e. The van der Waals surface area contributed by atoms with E-state index in [1.54, 1.807) is 0 Å². The van der Waals surface area contributed by atoms with Gasteiger partial charge in [0.1, 0.15) is 11.6 Å². The molecule has 0 N–H and O–H groups in total. The molecule has 2 fully saturated rings. The minimum atomic E-state index is 0.851. The molecule has 1 saturated heterocycles. The van der Waals surface area contributed by atoms with Crippen LogP contribution in [0.25, 0.3) is 0 Å². The van der Waals surface area contributed by atoms with Crippen molar-refractivity contribution in [2.75, 3.05) is 18.0 Å². The van der Waals surface area contributed by atoms with Gasteiger partial charge in [0.25, 0.3) is 0 Å². The van der Waals surface area contributed by atoms with E-state index in [1.165, 1.54) is 13.1 Å². The van der Waals surface area contributed by atoms with E-state index in [4.69, 9.17) is 0 Å². The van der Waals surface area contributed by atoms with Crippen molar-refractivity contribution < 1.29 is 0 Å². The molecule has 0 amide bonds. The summed E-state index contributed by atoms with van der Waals surface area (Å²) in [4.78, 5) is 11.1. The second kappa shape index (κ2) is 3.44. The number of hydrogen-bond acceptors (Lipinski definition) is 3. The van der Waals surface area contributed by atoms with E-state index < -0.39 is 0 Å². The molecule has 3 rings (SSSR count). The van der Waals surface area contributed by atoms with Crippen molar-refractivity contribution in [1.82, 2.24) is 9.97 Å². The first-order valence-corrected chi connectivity index (χ1v) is 6.21. The average molecular weight is 217 g/mol. The highest BCUT2D eigenvalue weighted by molar-refractivity contribution is 5.41. The Kier molecular flexibility index (Phi) is 2.16. The quantitative estimate of drug-likeness (QED) is 0.760. The molecule has 0 bridgehead atoms. The second-order valence-corrected chi connectivity index (χ2v) is 5.52. The first-order chi connectivity index (χ1) is 7.66. The maximum absolute atomic E-state index is 4.49. The molecule has 1 aromatic rings. The van der Waals surface area contributed by atoms with Crippen molar-refractivity contribution in [1.29, 1.82) is 0 Å². The lowest BCUT2D eigenvalue weighted by molar-refractivity contribution is 0.479. The number of anilines is 1. The zero-order valence-corrected chi connectivity index (χ0v) is 10.2. The van der Waals surface area contributed by atoms with Gasteiger partial charge in [-0.15, -0.1) is 0 Å². The number of nitrogens with zero attached hydrogens (tertiary/aromatic N) is 3. The molecule has 2 atom stereocenters. The Balaban J connectivity index is 1.69. The summed E-state index contributed by atoms with van der Waals surface area (Å²) in [5, 5.41) is 0. The van der Waals surface area contributed by atoms with Crippen LogP contribution in [0.3, 0.4) is 0 Å². The molecular weight excluding hydrogens is 198 g/mol. The van der Waals surface area contributed by atoms with Crippen LogP contribution in [-0.4, -0.2) is 23.1 Å². The molecular formula is C13H19N3. The van der Waals surface area contributed by atoms with Crippen molar-refractivity contribution in [2.45, 2.75) is 20.8 Å². The fourth-order valence-corrected chi connectivity index (χ4v) is 3.37. The molecule has 3 heteroatoms. The first-order valence-electron chi connectivity index (χ1n) is 6.21. The summed E-state index contributed by atoms with van der Waals surface area (Å²) in [5.74, 6) is 5.66. The number of rotatable bonds is 2. The average Bonchev–Trinajstić information content (AvgIpc) is 2.75. The molecule has 0 spiro atoms. The number of fused-ring (bicyclic) bond motifs is 1. The van der Waals surface area contributed by atoms with Crippen LogP contribution in [0.4, 0.5) is 5.82 Å². The number of hydrogen-bond donors (Lipinski definition) is 0. The number of aryl methyl sites for hydroxylation is 1. The van der Waals surface area contributed by atoms with Gasteiger partial charge in [0, 0.05) is 19.3 Å². The Morgan fingerprint density at radius 2 is 2.00 bits per heavy atom. The summed E-state index contributed by atoms with van der Waals surface area (Å²) in [7, 11) is 0. The van der Waals surface area contributed by atoms with E-state index in [0.29, 0.717) is 0 Å². The molecule has 1 aromatic heterocycles. The Hall–Kier alpha value is -1.12. The third-order valence-electron chi connectivity index (χ3n) is 4.12. The molecule has 16 heavy (non-hydrogen) atoms. The third-order valence-corrected chi connectivity index (χ3v) is 4.12. The Bertz CT molecular complexity index is 390. The molecule has 2 unspecified atom stereocenters. The van der Waals surface area contributed by atoms with Crippen molar-refractivity contribution >= 4 is 5.82 Å². The summed E-state index contributed by atoms with van der Waals surface area (Å²) < 4.78 is 0. The minimum absolute atomic E-state index is 0.851. The van der Waals surface area contributed by atoms with Gasteiger partial charge in [-0.2, -0.15) is 0 Å². The fourth-order valence-electron chi connectivity index (χ4n) is 3.37. The molecule has 1 saturated carbocycles. The second-order valence-electron chi connectivity index (χ2n) is 5.52. The SMILES string of the molecule is Cc1nccc(N2CC3C(C2)C3C(C)C)n1. The largest absolute Gasteiger partial charge is 0.356 e. The van der Waals surface area contributed by atoms with Crippen LogP contribution in [0, 0.1) is 30.6 Å². The van der Waals surface area contributed by atoms with Crippen molar-refractivity contribution in [3.05, 3.63) is 18.1 Å². The monoisotopic (exact) mass is 217 g/mol. The van der Waals surface area contributed by atoms with Gasteiger partial charge in [-0.1, -0.05) is 13.8 Å². The van der Waals surface area contributed by atoms with Gasteiger partial charge < -0.3 is 4.90 Å². The topological polar surface area (TPSA) is 29.0 Å². The Morgan fingerprint density at radius 1 is 1.31 bits per heavy atom. The van der Waals surface area contributed by atoms with Gasteiger partial charge in [-0.25, -0.2) is 9.97 Å². The van der Waals surface area contributed by atoms with Crippen LogP contribution in [0.1, 0.15) is 19.7 Å². The van der Waals surface area contributed by atoms with Gasteiger partial charge in [0.15, 0.2) is 0 Å². The van der Waals surface area contributed by atoms with Crippen molar-refractivity contribution in [3.63, 3.8) is 0 Å². The highest BCUT2D eigenvalue weighted by Gasteiger charge is 2.56. The summed E-state index contributed by atoms with van der Waals surface area (Å²) >= 11 is 0. The molecule has 0 aromatic carbocycles. The summed E-state index contributed by atoms with van der Waals surface area (Å²) in [6.45, 7) is 9.05. The Morgan fingerprint density at radius 3 is 2.56 bits per heavy atom. The minimum Gasteiger partial charge on any atom is -0.356 e.